The van der Waals surface area contributed by atoms with E-state index in [4.69, 9.17) is 15.3 Å². The zero-order valence-corrected chi connectivity index (χ0v) is 25.6. The summed E-state index contributed by atoms with van der Waals surface area (Å²) in [5, 5.41) is 31.3. The standard InChI is InChI=1S/C29H38N4O6.BrH/c1-7-39-25-12-19-15-33(27(30)21(19)13-22(25)28(38)31-8-9-34)16-24(36)18-10-20(14-32(6)17(2)35)26(37)23(11-18)29(3,4)5;/h10-13,30,34,37H,7-9,14-16H2,1-6H3,(H,31,38);1H. The second-order valence-electron chi connectivity index (χ2n) is 10.7. The summed E-state index contributed by atoms with van der Waals surface area (Å²) in [5.41, 5.74) is 2.55. The fraction of sp³-hybridized carbons (Fsp3) is 0.448. The number of benzene rings is 2. The minimum Gasteiger partial charge on any atom is -0.507 e. The number of phenolic OH excluding ortho intramolecular Hbond substituents is 1. The van der Waals surface area contributed by atoms with Gasteiger partial charge < -0.3 is 30.1 Å². The molecule has 2 amide bonds. The van der Waals surface area contributed by atoms with Crippen molar-refractivity contribution in [2.24, 2.45) is 0 Å². The number of amides is 2. The molecule has 10 nitrogen and oxygen atoms in total. The highest BCUT2D eigenvalue weighted by molar-refractivity contribution is 8.93. The van der Waals surface area contributed by atoms with Gasteiger partial charge in [0.05, 0.1) is 25.3 Å². The van der Waals surface area contributed by atoms with Gasteiger partial charge in [0.2, 0.25) is 5.91 Å². The fourth-order valence-electron chi connectivity index (χ4n) is 4.46. The third kappa shape index (κ3) is 7.19. The number of ketones is 1. The Hall–Kier alpha value is -3.44. The van der Waals surface area contributed by atoms with Gasteiger partial charge in [-0.2, -0.15) is 0 Å². The molecule has 40 heavy (non-hydrogen) atoms. The number of nitrogens with one attached hydrogen (secondary N) is 2. The average Bonchev–Trinajstić information content (AvgIpc) is 3.16. The normalized spacial score (nSPS) is 12.5. The molecule has 1 heterocycles. The van der Waals surface area contributed by atoms with Crippen molar-refractivity contribution in [2.45, 2.75) is 53.1 Å². The van der Waals surface area contributed by atoms with Crippen molar-refractivity contribution in [3.8, 4) is 11.5 Å². The summed E-state index contributed by atoms with van der Waals surface area (Å²) in [5.74, 6) is -0.272. The highest BCUT2D eigenvalue weighted by Crippen LogP contribution is 2.36. The third-order valence-corrected chi connectivity index (χ3v) is 6.68. The Balaban J connectivity index is 0.00000560. The second kappa shape index (κ2) is 13.3. The maximum Gasteiger partial charge on any atom is 0.255 e. The Bertz CT molecular complexity index is 1300. The van der Waals surface area contributed by atoms with E-state index in [1.807, 2.05) is 27.7 Å². The predicted molar refractivity (Wildman–Crippen MR) is 158 cm³/mol. The Morgan fingerprint density at radius 1 is 1.18 bits per heavy atom. The number of halogens is 1. The van der Waals surface area contributed by atoms with Crippen molar-refractivity contribution in [1.29, 1.82) is 5.41 Å². The molecule has 0 aliphatic carbocycles. The molecule has 1 aliphatic heterocycles. The lowest BCUT2D eigenvalue weighted by Crippen LogP contribution is -2.31. The number of carbonyl (C=O) groups is 3. The molecule has 0 unspecified atom stereocenters. The average molecular weight is 620 g/mol. The molecular weight excluding hydrogens is 580 g/mol. The number of aliphatic hydroxyl groups is 1. The predicted octanol–water partition coefficient (Wildman–Crippen LogP) is 3.39. The minimum atomic E-state index is -0.455. The first-order valence-electron chi connectivity index (χ1n) is 12.9. The molecular formula is C29H39BrN4O6. The van der Waals surface area contributed by atoms with Crippen LogP contribution in [0.25, 0.3) is 0 Å². The van der Waals surface area contributed by atoms with Crippen LogP contribution in [-0.2, 0) is 23.3 Å². The smallest absolute Gasteiger partial charge is 0.255 e. The van der Waals surface area contributed by atoms with Crippen LogP contribution >= 0.6 is 17.0 Å². The summed E-state index contributed by atoms with van der Waals surface area (Å²) in [7, 11) is 1.63. The molecule has 3 rings (SSSR count). The van der Waals surface area contributed by atoms with Crippen molar-refractivity contribution in [3.05, 3.63) is 57.6 Å². The van der Waals surface area contributed by atoms with Crippen LogP contribution in [0.3, 0.4) is 0 Å². The van der Waals surface area contributed by atoms with Crippen molar-refractivity contribution in [1.82, 2.24) is 15.1 Å². The first-order valence-corrected chi connectivity index (χ1v) is 12.9. The number of nitrogens with zero attached hydrogens (tertiary/aromatic N) is 2. The van der Waals surface area contributed by atoms with Gasteiger partial charge in [-0.1, -0.05) is 20.8 Å². The van der Waals surface area contributed by atoms with Gasteiger partial charge in [0.15, 0.2) is 5.78 Å². The lowest BCUT2D eigenvalue weighted by Gasteiger charge is -2.25. The number of amidine groups is 1. The van der Waals surface area contributed by atoms with Crippen LogP contribution in [0, 0.1) is 5.41 Å². The van der Waals surface area contributed by atoms with Crippen LogP contribution in [0.5, 0.6) is 11.5 Å². The van der Waals surface area contributed by atoms with Gasteiger partial charge in [-0.25, -0.2) is 0 Å². The van der Waals surface area contributed by atoms with E-state index in [0.717, 1.165) is 5.56 Å². The van der Waals surface area contributed by atoms with Gasteiger partial charge in [-0.15, -0.1) is 17.0 Å². The summed E-state index contributed by atoms with van der Waals surface area (Å²) >= 11 is 0. The molecule has 1 aliphatic rings. The van der Waals surface area contributed by atoms with Gasteiger partial charge in [0.25, 0.3) is 5.91 Å². The summed E-state index contributed by atoms with van der Waals surface area (Å²) in [6, 6.07) is 6.60. The van der Waals surface area contributed by atoms with Gasteiger partial charge in [0.1, 0.15) is 17.3 Å². The number of hydrogen-bond acceptors (Lipinski definition) is 7. The van der Waals surface area contributed by atoms with E-state index in [-0.39, 0.29) is 72.1 Å². The quantitative estimate of drug-likeness (QED) is 0.299. The fourth-order valence-corrected chi connectivity index (χ4v) is 4.46. The maximum atomic E-state index is 13.5. The first-order chi connectivity index (χ1) is 18.3. The first kappa shape index (κ1) is 32.8. The van der Waals surface area contributed by atoms with Gasteiger partial charge in [0, 0.05) is 55.9 Å². The zero-order chi connectivity index (χ0) is 29.1. The Morgan fingerprint density at radius 3 is 2.42 bits per heavy atom. The number of aromatic hydroxyl groups is 1. The van der Waals surface area contributed by atoms with E-state index in [0.29, 0.717) is 41.2 Å². The molecule has 11 heteroatoms. The number of fused-ring (bicyclic) bond motifs is 1. The second-order valence-corrected chi connectivity index (χ2v) is 10.7. The number of aliphatic hydroxyl groups excluding tert-OH is 1. The lowest BCUT2D eigenvalue weighted by molar-refractivity contribution is -0.128. The van der Waals surface area contributed by atoms with E-state index in [1.54, 1.807) is 36.2 Å². The largest absolute Gasteiger partial charge is 0.507 e. The molecule has 0 aromatic heterocycles. The Morgan fingerprint density at radius 2 is 1.85 bits per heavy atom. The topological polar surface area (TPSA) is 143 Å². The monoisotopic (exact) mass is 618 g/mol. The molecule has 2 aromatic rings. The molecule has 0 bridgehead atoms. The van der Waals surface area contributed by atoms with Crippen LogP contribution in [0.4, 0.5) is 0 Å². The molecule has 0 atom stereocenters. The molecule has 0 saturated carbocycles. The molecule has 0 fully saturated rings. The van der Waals surface area contributed by atoms with E-state index in [9.17, 15) is 19.5 Å². The van der Waals surface area contributed by atoms with E-state index in [1.165, 1.54) is 11.8 Å². The van der Waals surface area contributed by atoms with E-state index >= 15 is 0 Å². The van der Waals surface area contributed by atoms with Gasteiger partial charge >= 0.3 is 0 Å². The Labute approximate surface area is 245 Å². The van der Waals surface area contributed by atoms with Crippen molar-refractivity contribution < 1.29 is 29.3 Å². The molecule has 218 valence electrons. The number of Topliss-reactive ketones (excluding diaryl/α,β-unsaturated/α-hetero) is 1. The molecule has 0 saturated heterocycles. The molecule has 4 N–H and O–H groups in total. The summed E-state index contributed by atoms with van der Waals surface area (Å²) in [4.78, 5) is 41.1. The van der Waals surface area contributed by atoms with Crippen LogP contribution in [0.1, 0.15) is 77.6 Å². The number of carbonyl (C=O) groups excluding carboxylic acids is 3. The number of rotatable bonds is 10. The molecule has 0 spiro atoms. The molecule has 2 aromatic carbocycles. The van der Waals surface area contributed by atoms with E-state index < -0.39 is 11.3 Å². The molecule has 0 radical (unpaired) electrons. The van der Waals surface area contributed by atoms with Crippen molar-refractivity contribution in [2.75, 3.05) is 33.4 Å². The Kier molecular flexibility index (Phi) is 10.9. The number of ether oxygens (including phenoxy) is 1. The van der Waals surface area contributed by atoms with E-state index in [2.05, 4.69) is 5.32 Å². The van der Waals surface area contributed by atoms with Crippen LogP contribution < -0.4 is 10.1 Å². The van der Waals surface area contributed by atoms with Crippen LogP contribution in [-0.4, -0.2) is 76.8 Å². The highest BCUT2D eigenvalue weighted by Gasteiger charge is 2.30. The third-order valence-electron chi connectivity index (χ3n) is 6.68. The van der Waals surface area contributed by atoms with Crippen LogP contribution in [0.15, 0.2) is 24.3 Å². The minimum absolute atomic E-state index is 0. The number of phenols is 1. The number of hydrogen-bond donors (Lipinski definition) is 4. The van der Waals surface area contributed by atoms with Gasteiger partial charge in [-0.05, 0) is 42.2 Å². The van der Waals surface area contributed by atoms with Crippen molar-refractivity contribution in [3.63, 3.8) is 0 Å². The van der Waals surface area contributed by atoms with Gasteiger partial charge in [-0.3, -0.25) is 19.8 Å². The maximum absolute atomic E-state index is 13.5. The van der Waals surface area contributed by atoms with Crippen molar-refractivity contribution >= 4 is 40.4 Å². The highest BCUT2D eigenvalue weighted by atomic mass is 79.9. The zero-order valence-electron chi connectivity index (χ0n) is 23.9. The summed E-state index contributed by atoms with van der Waals surface area (Å²) in [6.07, 6.45) is 0. The van der Waals surface area contributed by atoms with Crippen LogP contribution in [0.2, 0.25) is 0 Å². The SMILES string of the molecule is Br.CCOc1cc2c(cc1C(=O)NCCO)C(=N)N(CC(=O)c1cc(CN(C)C(C)=O)c(O)c(C(C)(C)C)c1)C2. The summed E-state index contributed by atoms with van der Waals surface area (Å²) in [6.45, 7) is 9.65. The lowest BCUT2D eigenvalue weighted by atomic mass is 9.83. The summed E-state index contributed by atoms with van der Waals surface area (Å²) < 4.78 is 5.67.